The average molecular weight is 359 g/mol. The first-order valence-corrected chi connectivity index (χ1v) is 9.30. The quantitative estimate of drug-likeness (QED) is 0.797. The van der Waals surface area contributed by atoms with Gasteiger partial charge in [-0.3, -0.25) is 9.59 Å². The summed E-state index contributed by atoms with van der Waals surface area (Å²) in [5, 5.41) is 0. The zero-order chi connectivity index (χ0) is 18.8. The van der Waals surface area contributed by atoms with E-state index in [1.54, 1.807) is 12.0 Å². The van der Waals surface area contributed by atoms with Crippen LogP contribution in [0.4, 0.5) is 0 Å². The van der Waals surface area contributed by atoms with E-state index < -0.39 is 0 Å². The molecule has 0 radical (unpaired) electrons. The highest BCUT2D eigenvalue weighted by molar-refractivity contribution is 5.89. The number of amides is 2. The lowest BCUT2D eigenvalue weighted by molar-refractivity contribution is -0.152. The number of rotatable bonds is 5. The molecule has 0 spiro atoms. The number of carbonyl (C=O) groups is 2. The molecule has 3 atom stereocenters. The molecule has 0 aliphatic carbocycles. The third-order valence-electron chi connectivity index (χ3n) is 5.75. The minimum Gasteiger partial charge on any atom is -0.497 e. The lowest BCUT2D eigenvalue weighted by Crippen LogP contribution is -2.60. The Labute approximate surface area is 155 Å². The van der Waals surface area contributed by atoms with E-state index in [-0.39, 0.29) is 23.9 Å². The van der Waals surface area contributed by atoms with E-state index in [0.717, 1.165) is 24.3 Å². The second-order valence-electron chi connectivity index (χ2n) is 7.57. The Hall–Kier alpha value is -2.08. The van der Waals surface area contributed by atoms with Crippen LogP contribution in [0.15, 0.2) is 24.3 Å². The number of hydrogen-bond donors (Lipinski definition) is 0. The van der Waals surface area contributed by atoms with Crippen molar-refractivity contribution in [2.75, 3.05) is 34.3 Å². The largest absolute Gasteiger partial charge is 0.497 e. The molecule has 2 fully saturated rings. The number of piperazine rings is 1. The molecule has 2 aliphatic heterocycles. The first-order chi connectivity index (χ1) is 12.4. The van der Waals surface area contributed by atoms with Gasteiger partial charge in [-0.05, 0) is 51.6 Å². The Balaban J connectivity index is 1.61. The van der Waals surface area contributed by atoms with Gasteiger partial charge in [-0.15, -0.1) is 0 Å². The van der Waals surface area contributed by atoms with Gasteiger partial charge in [0.1, 0.15) is 11.8 Å². The third kappa shape index (κ3) is 3.70. The standard InChI is InChI=1S/C20H29N3O3/c1-14-20(25)23-12-16(21(2)3)11-17(23)13-22(14)19(24)10-7-15-5-8-18(26-4)9-6-15/h5-6,8-9,14,16-17H,7,10-13H2,1-4H3/t14-,16-,17-/m0/s1. The molecule has 0 aromatic heterocycles. The molecule has 0 N–H and O–H groups in total. The van der Waals surface area contributed by atoms with Crippen LogP contribution in [-0.2, 0) is 16.0 Å². The van der Waals surface area contributed by atoms with Gasteiger partial charge in [0.15, 0.2) is 0 Å². The van der Waals surface area contributed by atoms with Crippen molar-refractivity contribution in [3.8, 4) is 5.75 Å². The number of ether oxygens (including phenoxy) is 1. The predicted molar refractivity (Wildman–Crippen MR) is 100 cm³/mol. The zero-order valence-electron chi connectivity index (χ0n) is 16.1. The van der Waals surface area contributed by atoms with Crippen molar-refractivity contribution in [1.82, 2.24) is 14.7 Å². The molecule has 0 saturated carbocycles. The summed E-state index contributed by atoms with van der Waals surface area (Å²) in [5.74, 6) is 0.963. The Kier molecular flexibility index (Phi) is 5.51. The Bertz CT molecular complexity index is 659. The molecule has 1 aromatic carbocycles. The Morgan fingerprint density at radius 1 is 1.23 bits per heavy atom. The van der Waals surface area contributed by atoms with Crippen LogP contribution >= 0.6 is 0 Å². The first kappa shape index (κ1) is 18.7. The van der Waals surface area contributed by atoms with E-state index in [9.17, 15) is 9.59 Å². The number of hydrogen-bond acceptors (Lipinski definition) is 4. The van der Waals surface area contributed by atoms with Crippen LogP contribution < -0.4 is 4.74 Å². The highest BCUT2D eigenvalue weighted by Gasteiger charge is 2.45. The molecule has 142 valence electrons. The van der Waals surface area contributed by atoms with Crippen LogP contribution in [0.3, 0.4) is 0 Å². The minimum absolute atomic E-state index is 0.0645. The van der Waals surface area contributed by atoms with Crippen molar-refractivity contribution in [3.05, 3.63) is 29.8 Å². The fraction of sp³-hybridized carbons (Fsp3) is 0.600. The van der Waals surface area contributed by atoms with Crippen molar-refractivity contribution in [3.63, 3.8) is 0 Å². The van der Waals surface area contributed by atoms with Crippen LogP contribution in [0.25, 0.3) is 0 Å². The summed E-state index contributed by atoms with van der Waals surface area (Å²) in [4.78, 5) is 31.4. The predicted octanol–water partition coefficient (Wildman–Crippen LogP) is 1.39. The summed E-state index contributed by atoms with van der Waals surface area (Å²) in [6.07, 6.45) is 2.04. The van der Waals surface area contributed by atoms with Gasteiger partial charge < -0.3 is 19.4 Å². The molecule has 3 rings (SSSR count). The molecule has 2 amide bonds. The van der Waals surface area contributed by atoms with Gasteiger partial charge in [0.2, 0.25) is 11.8 Å². The fourth-order valence-electron chi connectivity index (χ4n) is 3.97. The maximum atomic E-state index is 12.8. The number of aryl methyl sites for hydroxylation is 1. The number of methoxy groups -OCH3 is 1. The van der Waals surface area contributed by atoms with Crippen LogP contribution in [0.2, 0.25) is 0 Å². The summed E-state index contributed by atoms with van der Waals surface area (Å²) in [5.41, 5.74) is 1.10. The summed E-state index contributed by atoms with van der Waals surface area (Å²) in [6, 6.07) is 7.95. The second-order valence-corrected chi connectivity index (χ2v) is 7.57. The first-order valence-electron chi connectivity index (χ1n) is 9.30. The van der Waals surface area contributed by atoms with Gasteiger partial charge in [-0.25, -0.2) is 0 Å². The monoisotopic (exact) mass is 359 g/mol. The summed E-state index contributed by atoms with van der Waals surface area (Å²) in [7, 11) is 5.74. The van der Waals surface area contributed by atoms with E-state index in [1.807, 2.05) is 36.1 Å². The molecule has 2 aliphatic rings. The van der Waals surface area contributed by atoms with Crippen molar-refractivity contribution < 1.29 is 14.3 Å². The lowest BCUT2D eigenvalue weighted by Gasteiger charge is -2.41. The van der Waals surface area contributed by atoms with Gasteiger partial charge in [-0.2, -0.15) is 0 Å². The van der Waals surface area contributed by atoms with Gasteiger partial charge in [0.25, 0.3) is 0 Å². The number of likely N-dealkylation sites (N-methyl/N-ethyl adjacent to an activating group) is 1. The summed E-state index contributed by atoms with van der Waals surface area (Å²) in [6.45, 7) is 3.28. The van der Waals surface area contributed by atoms with Crippen molar-refractivity contribution in [2.24, 2.45) is 0 Å². The van der Waals surface area contributed by atoms with Gasteiger partial charge in [0.05, 0.1) is 13.2 Å². The maximum Gasteiger partial charge on any atom is 0.245 e. The highest BCUT2D eigenvalue weighted by atomic mass is 16.5. The van der Waals surface area contributed by atoms with Crippen molar-refractivity contribution in [2.45, 2.75) is 44.3 Å². The van der Waals surface area contributed by atoms with Crippen molar-refractivity contribution >= 4 is 11.8 Å². The smallest absolute Gasteiger partial charge is 0.245 e. The van der Waals surface area contributed by atoms with Crippen LogP contribution in [0.1, 0.15) is 25.3 Å². The molecule has 1 aromatic rings. The molecule has 26 heavy (non-hydrogen) atoms. The number of fused-ring (bicyclic) bond motifs is 1. The van der Waals surface area contributed by atoms with Crippen molar-refractivity contribution in [1.29, 1.82) is 0 Å². The third-order valence-corrected chi connectivity index (χ3v) is 5.75. The molecule has 2 saturated heterocycles. The molecular formula is C20H29N3O3. The molecule has 0 unspecified atom stereocenters. The van der Waals surface area contributed by atoms with E-state index in [4.69, 9.17) is 4.74 Å². The van der Waals surface area contributed by atoms with E-state index in [2.05, 4.69) is 19.0 Å². The van der Waals surface area contributed by atoms with Crippen LogP contribution in [-0.4, -0.2) is 78.9 Å². The maximum absolute atomic E-state index is 12.8. The highest BCUT2D eigenvalue weighted by Crippen LogP contribution is 2.28. The fourth-order valence-corrected chi connectivity index (χ4v) is 3.97. The molecular weight excluding hydrogens is 330 g/mol. The average Bonchev–Trinajstić information content (AvgIpc) is 3.08. The summed E-state index contributed by atoms with van der Waals surface area (Å²) < 4.78 is 5.16. The molecule has 6 nitrogen and oxygen atoms in total. The van der Waals surface area contributed by atoms with E-state index in [0.29, 0.717) is 25.4 Å². The SMILES string of the molecule is COc1ccc(CCC(=O)N2C[C@@H]3C[C@H](N(C)C)CN3C(=O)[C@@H]2C)cc1. The van der Waals surface area contributed by atoms with E-state index >= 15 is 0 Å². The van der Waals surface area contributed by atoms with Gasteiger partial charge in [-0.1, -0.05) is 12.1 Å². The lowest BCUT2D eigenvalue weighted by atomic mass is 10.0. The molecule has 0 bridgehead atoms. The van der Waals surface area contributed by atoms with Gasteiger partial charge in [0, 0.05) is 25.6 Å². The Morgan fingerprint density at radius 2 is 1.92 bits per heavy atom. The number of carbonyl (C=O) groups excluding carboxylic acids is 2. The van der Waals surface area contributed by atoms with E-state index in [1.165, 1.54) is 0 Å². The Morgan fingerprint density at radius 3 is 2.54 bits per heavy atom. The summed E-state index contributed by atoms with van der Waals surface area (Å²) >= 11 is 0. The van der Waals surface area contributed by atoms with Crippen LogP contribution in [0, 0.1) is 0 Å². The number of benzene rings is 1. The van der Waals surface area contributed by atoms with Gasteiger partial charge >= 0.3 is 0 Å². The number of nitrogens with zero attached hydrogens (tertiary/aromatic N) is 3. The molecule has 2 heterocycles. The second kappa shape index (κ2) is 7.66. The zero-order valence-corrected chi connectivity index (χ0v) is 16.1. The topological polar surface area (TPSA) is 53.1 Å². The van der Waals surface area contributed by atoms with Crippen LogP contribution in [0.5, 0.6) is 5.75 Å². The minimum atomic E-state index is -0.365. The molecule has 6 heteroatoms. The normalized spacial score (nSPS) is 25.6.